The molecule has 16 heteroatoms. The summed E-state index contributed by atoms with van der Waals surface area (Å²) in [5, 5.41) is 1.55. The van der Waals surface area contributed by atoms with Gasteiger partial charge in [-0.15, -0.1) is 0 Å². The van der Waals surface area contributed by atoms with Crippen LogP contribution in [0.5, 0.6) is 0 Å². The van der Waals surface area contributed by atoms with E-state index >= 15 is 0 Å². The predicted octanol–water partition coefficient (Wildman–Crippen LogP) is 11.1. The molecule has 320 valence electrons. The van der Waals surface area contributed by atoms with Crippen LogP contribution in [0.15, 0.2) is 168 Å². The largest absolute Gasteiger partial charge is 0.416 e. The van der Waals surface area contributed by atoms with Gasteiger partial charge in [0.1, 0.15) is 0 Å². The lowest BCUT2D eigenvalue weighted by molar-refractivity contribution is -0.138. The smallest absolute Gasteiger partial charge is 0.361 e. The van der Waals surface area contributed by atoms with Crippen molar-refractivity contribution in [2.45, 2.75) is 48.1 Å². The molecule has 8 nitrogen and oxygen atoms in total. The fourth-order valence-electron chi connectivity index (χ4n) is 6.90. The molecule has 62 heavy (non-hydrogen) atoms. The molecule has 6 aromatic carbocycles. The number of nitrogens with one attached hydrogen (secondary N) is 4. The Morgan fingerprint density at radius 2 is 0.774 bits per heavy atom. The second-order valence-corrected chi connectivity index (χ2v) is 18.0. The van der Waals surface area contributed by atoms with Gasteiger partial charge in [0.2, 0.25) is 20.0 Å². The molecule has 0 unspecified atom stereocenters. The lowest BCUT2D eigenvalue weighted by Gasteiger charge is -2.20. The standard InChI is InChI=1S/2C23H19F3N2O2S/c2*1-15-6-12-18(13-7-15)31(29,30)28-22(16-8-10-17(11-9-16)23(24,25)26)20-14-27-21-5-3-2-4-19(20)21/h2*2-14,22,27-28H,1H3/t2*22-/m00/s1. The molecular formula is C46H38F6N4O4S2. The minimum atomic E-state index is -4.48. The second kappa shape index (κ2) is 17.3. The van der Waals surface area contributed by atoms with Gasteiger partial charge in [-0.1, -0.05) is 96.1 Å². The summed E-state index contributed by atoms with van der Waals surface area (Å²) in [6.45, 7) is 3.70. The van der Waals surface area contributed by atoms with E-state index in [2.05, 4.69) is 19.4 Å². The second-order valence-electron chi connectivity index (χ2n) is 14.6. The van der Waals surface area contributed by atoms with E-state index in [1.165, 1.54) is 48.5 Å². The third kappa shape index (κ3) is 9.79. The molecule has 0 aliphatic heterocycles. The van der Waals surface area contributed by atoms with Crippen molar-refractivity contribution in [3.8, 4) is 0 Å². The van der Waals surface area contributed by atoms with E-state index in [-0.39, 0.29) is 9.79 Å². The Balaban J connectivity index is 0.000000186. The Bertz CT molecular complexity index is 2830. The van der Waals surface area contributed by atoms with Crippen LogP contribution in [0.2, 0.25) is 0 Å². The molecule has 0 amide bonds. The van der Waals surface area contributed by atoms with E-state index in [9.17, 15) is 43.2 Å². The molecule has 2 aromatic heterocycles. The van der Waals surface area contributed by atoms with Crippen molar-refractivity contribution in [3.63, 3.8) is 0 Å². The van der Waals surface area contributed by atoms with Crippen molar-refractivity contribution in [1.82, 2.24) is 19.4 Å². The SMILES string of the molecule is Cc1ccc(S(=O)(=O)N[C@@H](c2ccc(C(F)(F)F)cc2)c2c[nH]c3ccccc23)cc1.Cc1ccc(S(=O)(=O)N[C@@H](c2ccc(C(F)(F)F)cc2)c2c[nH]c3ccccc23)cc1. The Morgan fingerprint density at radius 1 is 0.452 bits per heavy atom. The number of hydrogen-bond acceptors (Lipinski definition) is 4. The maximum atomic E-state index is 13.1. The number of H-pyrrole nitrogens is 2. The minimum absolute atomic E-state index is 0.0786. The van der Waals surface area contributed by atoms with Gasteiger partial charge in [0.25, 0.3) is 0 Å². The average molecular weight is 889 g/mol. The molecule has 0 fully saturated rings. The molecule has 0 saturated carbocycles. The van der Waals surface area contributed by atoms with Gasteiger partial charge in [-0.05, 0) is 96.8 Å². The van der Waals surface area contributed by atoms with E-state index in [1.54, 1.807) is 36.7 Å². The van der Waals surface area contributed by atoms with Crippen molar-refractivity contribution >= 4 is 41.9 Å². The van der Waals surface area contributed by atoms with Crippen molar-refractivity contribution < 1.29 is 43.2 Å². The quantitative estimate of drug-likeness (QED) is 0.102. The van der Waals surface area contributed by atoms with Crippen LogP contribution in [0.1, 0.15) is 56.6 Å². The zero-order valence-corrected chi connectivity index (χ0v) is 34.5. The molecule has 0 bridgehead atoms. The molecule has 0 aliphatic carbocycles. The first-order valence-electron chi connectivity index (χ1n) is 18.9. The fourth-order valence-corrected chi connectivity index (χ4v) is 9.31. The van der Waals surface area contributed by atoms with E-state index in [0.717, 1.165) is 57.2 Å². The summed E-state index contributed by atoms with van der Waals surface area (Å²) < 4.78 is 136. The predicted molar refractivity (Wildman–Crippen MR) is 226 cm³/mol. The van der Waals surface area contributed by atoms with Crippen LogP contribution in [0, 0.1) is 13.8 Å². The van der Waals surface area contributed by atoms with Crippen LogP contribution >= 0.6 is 0 Å². The van der Waals surface area contributed by atoms with Gasteiger partial charge in [-0.25, -0.2) is 16.8 Å². The Morgan fingerprint density at radius 3 is 1.10 bits per heavy atom. The highest BCUT2D eigenvalue weighted by molar-refractivity contribution is 7.89. The first-order valence-corrected chi connectivity index (χ1v) is 21.9. The van der Waals surface area contributed by atoms with Crippen molar-refractivity contribution in [2.24, 2.45) is 0 Å². The van der Waals surface area contributed by atoms with Gasteiger partial charge < -0.3 is 9.97 Å². The molecule has 4 N–H and O–H groups in total. The molecule has 8 aromatic rings. The lowest BCUT2D eigenvalue weighted by atomic mass is 9.98. The maximum Gasteiger partial charge on any atom is 0.416 e. The summed E-state index contributed by atoms with van der Waals surface area (Å²) in [5.41, 5.74) is 3.85. The average Bonchev–Trinajstić information content (AvgIpc) is 3.87. The summed E-state index contributed by atoms with van der Waals surface area (Å²) in [4.78, 5) is 6.34. The zero-order valence-electron chi connectivity index (χ0n) is 32.9. The van der Waals surface area contributed by atoms with Gasteiger partial charge in [0.05, 0.1) is 33.0 Å². The van der Waals surface area contributed by atoms with Crippen LogP contribution < -0.4 is 9.44 Å². The van der Waals surface area contributed by atoms with Gasteiger partial charge in [-0.3, -0.25) is 0 Å². The van der Waals surface area contributed by atoms with Crippen LogP contribution in [0.3, 0.4) is 0 Å². The first kappa shape index (κ1) is 43.9. The number of rotatable bonds is 10. The van der Waals surface area contributed by atoms with Gasteiger partial charge in [-0.2, -0.15) is 35.8 Å². The molecule has 0 spiro atoms. The summed E-state index contributed by atoms with van der Waals surface area (Å²) >= 11 is 0. The van der Waals surface area contributed by atoms with E-state index in [0.29, 0.717) is 22.3 Å². The molecule has 0 aliphatic rings. The number of sulfonamides is 2. The highest BCUT2D eigenvalue weighted by Crippen LogP contribution is 2.36. The Hall–Kier alpha value is -6.20. The summed E-state index contributed by atoms with van der Waals surface area (Å²) in [5.74, 6) is 0. The fraction of sp³-hybridized carbons (Fsp3) is 0.130. The van der Waals surface area contributed by atoms with E-state index < -0.39 is 55.6 Å². The Kier molecular flexibility index (Phi) is 12.2. The number of aromatic nitrogens is 2. The number of aromatic amines is 2. The van der Waals surface area contributed by atoms with Gasteiger partial charge >= 0.3 is 12.4 Å². The zero-order chi connectivity index (χ0) is 44.5. The summed E-state index contributed by atoms with van der Waals surface area (Å²) in [6.07, 6.45) is -5.61. The van der Waals surface area contributed by atoms with Crippen LogP contribution in [0.4, 0.5) is 26.3 Å². The summed E-state index contributed by atoms with van der Waals surface area (Å²) in [6, 6.07) is 34.7. The maximum absolute atomic E-state index is 13.1. The molecule has 0 saturated heterocycles. The topological polar surface area (TPSA) is 124 Å². The number of para-hydroxylation sites is 2. The molecule has 2 atom stereocenters. The van der Waals surface area contributed by atoms with Crippen LogP contribution in [0.25, 0.3) is 21.8 Å². The monoisotopic (exact) mass is 888 g/mol. The molecular weight excluding hydrogens is 851 g/mol. The van der Waals surface area contributed by atoms with Crippen molar-refractivity contribution in [3.05, 3.63) is 202 Å². The van der Waals surface area contributed by atoms with Crippen LogP contribution in [-0.4, -0.2) is 26.8 Å². The van der Waals surface area contributed by atoms with Crippen molar-refractivity contribution in [2.75, 3.05) is 0 Å². The Labute approximate surface area is 353 Å². The molecule has 8 rings (SSSR count). The van der Waals surface area contributed by atoms with Gasteiger partial charge in [0.15, 0.2) is 0 Å². The van der Waals surface area contributed by atoms with Crippen LogP contribution in [-0.2, 0) is 32.4 Å². The van der Waals surface area contributed by atoms with Crippen molar-refractivity contribution in [1.29, 1.82) is 0 Å². The third-order valence-corrected chi connectivity index (χ3v) is 13.1. The molecule has 2 heterocycles. The highest BCUT2D eigenvalue weighted by Gasteiger charge is 2.33. The first-order chi connectivity index (χ1) is 29.3. The number of alkyl halides is 6. The van der Waals surface area contributed by atoms with Gasteiger partial charge in [0, 0.05) is 34.2 Å². The number of benzene rings is 6. The number of hydrogen-bond donors (Lipinski definition) is 4. The normalized spacial score (nSPS) is 13.4. The minimum Gasteiger partial charge on any atom is -0.361 e. The highest BCUT2D eigenvalue weighted by atomic mass is 32.2. The third-order valence-electron chi connectivity index (χ3n) is 10.2. The number of aryl methyl sites for hydroxylation is 2. The summed E-state index contributed by atoms with van der Waals surface area (Å²) in [7, 11) is -7.89. The number of halogens is 6. The number of fused-ring (bicyclic) bond motifs is 2. The van der Waals surface area contributed by atoms with E-state index in [1.807, 2.05) is 62.4 Å². The molecule has 0 radical (unpaired) electrons. The lowest BCUT2D eigenvalue weighted by Crippen LogP contribution is -2.29. The van der Waals surface area contributed by atoms with E-state index in [4.69, 9.17) is 0 Å².